The van der Waals surface area contributed by atoms with Crippen molar-refractivity contribution in [3.8, 4) is 0 Å². The number of anilines is 1. The minimum absolute atomic E-state index is 0.129. The van der Waals surface area contributed by atoms with Crippen LogP contribution >= 0.6 is 11.8 Å². The fraction of sp³-hybridized carbons (Fsp3) is 0.235. The monoisotopic (exact) mass is 386 g/mol. The molecule has 9 nitrogen and oxygen atoms in total. The maximum atomic E-state index is 12.2. The van der Waals surface area contributed by atoms with E-state index in [4.69, 9.17) is 4.42 Å². The number of hydrogen-bond donors (Lipinski definition) is 2. The van der Waals surface area contributed by atoms with Crippen molar-refractivity contribution in [3.63, 3.8) is 0 Å². The van der Waals surface area contributed by atoms with Crippen molar-refractivity contribution >= 4 is 29.3 Å². The molecule has 0 aliphatic rings. The number of nitrogens with zero attached hydrogens (tertiary/aromatic N) is 4. The van der Waals surface area contributed by atoms with Crippen LogP contribution in [0.5, 0.6) is 0 Å². The smallest absolute Gasteiger partial charge is 0.251 e. The molecule has 3 rings (SSSR count). The van der Waals surface area contributed by atoms with Gasteiger partial charge in [-0.2, -0.15) is 0 Å². The second-order valence-electron chi connectivity index (χ2n) is 5.48. The molecule has 0 saturated carbocycles. The summed E-state index contributed by atoms with van der Waals surface area (Å²) in [6.45, 7) is 2.78. The van der Waals surface area contributed by atoms with Crippen molar-refractivity contribution in [1.82, 2.24) is 25.5 Å². The van der Waals surface area contributed by atoms with E-state index in [9.17, 15) is 9.59 Å². The molecular formula is C17H18N6O3S. The zero-order valence-electron chi connectivity index (χ0n) is 14.6. The minimum atomic E-state index is -0.222. The van der Waals surface area contributed by atoms with Crippen LogP contribution in [0.4, 0.5) is 5.69 Å². The van der Waals surface area contributed by atoms with Gasteiger partial charge in [-0.1, -0.05) is 17.8 Å². The fourth-order valence-corrected chi connectivity index (χ4v) is 2.95. The summed E-state index contributed by atoms with van der Waals surface area (Å²) < 4.78 is 6.84. The van der Waals surface area contributed by atoms with Crippen LogP contribution in [0.25, 0.3) is 0 Å². The van der Waals surface area contributed by atoms with Gasteiger partial charge >= 0.3 is 0 Å². The van der Waals surface area contributed by atoms with E-state index in [1.54, 1.807) is 41.3 Å². The average molecular weight is 386 g/mol. The van der Waals surface area contributed by atoms with Gasteiger partial charge in [0.15, 0.2) is 0 Å². The summed E-state index contributed by atoms with van der Waals surface area (Å²) >= 11 is 1.22. The lowest BCUT2D eigenvalue weighted by molar-refractivity contribution is -0.113. The van der Waals surface area contributed by atoms with Gasteiger partial charge in [-0.25, -0.2) is 4.68 Å². The van der Waals surface area contributed by atoms with E-state index in [2.05, 4.69) is 26.2 Å². The molecular weight excluding hydrogens is 368 g/mol. The van der Waals surface area contributed by atoms with Gasteiger partial charge < -0.3 is 15.1 Å². The Balaban J connectivity index is 1.55. The molecule has 0 aliphatic heterocycles. The predicted octanol–water partition coefficient (Wildman–Crippen LogP) is 1.79. The van der Waals surface area contributed by atoms with Gasteiger partial charge in [-0.05, 0) is 47.7 Å². The Morgan fingerprint density at radius 3 is 2.93 bits per heavy atom. The topological polar surface area (TPSA) is 115 Å². The highest BCUT2D eigenvalue weighted by molar-refractivity contribution is 7.99. The molecule has 0 spiro atoms. The van der Waals surface area contributed by atoms with Gasteiger partial charge in [0, 0.05) is 17.8 Å². The van der Waals surface area contributed by atoms with Crippen molar-refractivity contribution in [2.24, 2.45) is 0 Å². The first-order valence-corrected chi connectivity index (χ1v) is 9.23. The first-order chi connectivity index (χ1) is 13.2. The Labute approximate surface area is 159 Å². The normalized spacial score (nSPS) is 10.6. The number of amides is 2. The summed E-state index contributed by atoms with van der Waals surface area (Å²) in [7, 11) is 0. The van der Waals surface area contributed by atoms with Crippen molar-refractivity contribution in [2.75, 3.05) is 17.6 Å². The molecule has 0 saturated heterocycles. The van der Waals surface area contributed by atoms with E-state index in [-0.39, 0.29) is 17.6 Å². The van der Waals surface area contributed by atoms with Crippen molar-refractivity contribution in [1.29, 1.82) is 0 Å². The van der Waals surface area contributed by atoms with E-state index >= 15 is 0 Å². The summed E-state index contributed by atoms with van der Waals surface area (Å²) in [5.74, 6) is 0.445. The number of tetrazole rings is 1. The highest BCUT2D eigenvalue weighted by atomic mass is 32.2. The van der Waals surface area contributed by atoms with E-state index in [1.165, 1.54) is 11.8 Å². The molecule has 27 heavy (non-hydrogen) atoms. The molecule has 140 valence electrons. The lowest BCUT2D eigenvalue weighted by Gasteiger charge is -2.07. The third kappa shape index (κ3) is 5.17. The highest BCUT2D eigenvalue weighted by Gasteiger charge is 2.12. The van der Waals surface area contributed by atoms with Gasteiger partial charge in [0.2, 0.25) is 11.1 Å². The number of rotatable bonds is 8. The molecule has 0 atom stereocenters. The molecule has 2 amide bonds. The SMILES string of the molecule is CCNC(=O)c1cccc(NC(=O)CSc2nnnn2Cc2ccco2)c1. The lowest BCUT2D eigenvalue weighted by atomic mass is 10.2. The number of benzene rings is 1. The maximum Gasteiger partial charge on any atom is 0.251 e. The van der Waals surface area contributed by atoms with E-state index in [0.717, 1.165) is 5.76 Å². The van der Waals surface area contributed by atoms with Gasteiger partial charge in [0.05, 0.1) is 12.0 Å². The molecule has 2 N–H and O–H groups in total. The summed E-state index contributed by atoms with van der Waals surface area (Å²) in [5, 5.41) is 17.5. The summed E-state index contributed by atoms with van der Waals surface area (Å²) in [6, 6.07) is 10.4. The maximum absolute atomic E-state index is 12.2. The first kappa shape index (κ1) is 18.6. The molecule has 0 bridgehead atoms. The molecule has 0 aliphatic carbocycles. The van der Waals surface area contributed by atoms with Gasteiger partial charge in [-0.15, -0.1) is 5.10 Å². The quantitative estimate of drug-likeness (QED) is 0.567. The Bertz CT molecular complexity index is 909. The molecule has 0 radical (unpaired) electrons. The van der Waals surface area contributed by atoms with Crippen LogP contribution in [-0.2, 0) is 11.3 Å². The molecule has 0 fully saturated rings. The number of hydrogen-bond acceptors (Lipinski definition) is 7. The fourth-order valence-electron chi connectivity index (χ4n) is 2.28. The Hall–Kier alpha value is -3.14. The number of aromatic nitrogens is 4. The number of carbonyl (C=O) groups excluding carboxylic acids is 2. The molecule has 10 heteroatoms. The molecule has 2 aromatic heterocycles. The standard InChI is InChI=1S/C17H18N6O3S/c1-2-18-16(25)12-5-3-6-13(9-12)19-15(24)11-27-17-20-21-22-23(17)10-14-7-4-8-26-14/h3-9H,2,10-11H2,1H3,(H,18,25)(H,19,24). The number of nitrogens with one attached hydrogen (secondary N) is 2. The third-order valence-corrected chi connectivity index (χ3v) is 4.42. The first-order valence-electron chi connectivity index (χ1n) is 8.25. The number of thioether (sulfide) groups is 1. The number of carbonyl (C=O) groups is 2. The minimum Gasteiger partial charge on any atom is -0.467 e. The lowest BCUT2D eigenvalue weighted by Crippen LogP contribution is -2.23. The van der Waals surface area contributed by atoms with Gasteiger partial charge in [0.1, 0.15) is 12.3 Å². The summed E-state index contributed by atoms with van der Waals surface area (Å²) in [4.78, 5) is 24.1. The molecule has 3 aromatic rings. The molecule has 0 unspecified atom stereocenters. The van der Waals surface area contributed by atoms with Gasteiger partial charge in [-0.3, -0.25) is 9.59 Å². The van der Waals surface area contributed by atoms with Crippen LogP contribution in [0.15, 0.2) is 52.2 Å². The molecule has 1 aromatic carbocycles. The average Bonchev–Trinajstić information content (AvgIpc) is 3.33. The zero-order valence-corrected chi connectivity index (χ0v) is 15.4. The predicted molar refractivity (Wildman–Crippen MR) is 99.4 cm³/mol. The van der Waals surface area contributed by atoms with Crippen LogP contribution in [0.1, 0.15) is 23.0 Å². The van der Waals surface area contributed by atoms with Gasteiger partial charge in [0.25, 0.3) is 5.91 Å². The Kier molecular flexibility index (Phi) is 6.21. The Morgan fingerprint density at radius 2 is 2.15 bits per heavy atom. The van der Waals surface area contributed by atoms with E-state index in [0.29, 0.717) is 29.5 Å². The van der Waals surface area contributed by atoms with Crippen LogP contribution in [0.3, 0.4) is 0 Å². The van der Waals surface area contributed by atoms with Crippen LogP contribution < -0.4 is 10.6 Å². The summed E-state index contributed by atoms with van der Waals surface area (Å²) in [5.41, 5.74) is 1.05. The van der Waals surface area contributed by atoms with E-state index < -0.39 is 0 Å². The van der Waals surface area contributed by atoms with E-state index in [1.807, 2.05) is 13.0 Å². The van der Waals surface area contributed by atoms with Crippen LogP contribution in [0, 0.1) is 0 Å². The summed E-state index contributed by atoms with van der Waals surface area (Å²) in [6.07, 6.45) is 1.58. The third-order valence-electron chi connectivity index (χ3n) is 3.46. The van der Waals surface area contributed by atoms with Crippen molar-refractivity contribution < 1.29 is 14.0 Å². The highest BCUT2D eigenvalue weighted by Crippen LogP contribution is 2.17. The second-order valence-corrected chi connectivity index (χ2v) is 6.42. The van der Waals surface area contributed by atoms with Crippen molar-refractivity contribution in [3.05, 3.63) is 54.0 Å². The molecule has 2 heterocycles. The van der Waals surface area contributed by atoms with Crippen molar-refractivity contribution in [2.45, 2.75) is 18.6 Å². The number of furan rings is 1. The zero-order chi connectivity index (χ0) is 19.1. The second kappa shape index (κ2) is 8.99. The van der Waals surface area contributed by atoms with Crippen LogP contribution in [0.2, 0.25) is 0 Å². The largest absolute Gasteiger partial charge is 0.467 e. The van der Waals surface area contributed by atoms with Crippen LogP contribution in [-0.4, -0.2) is 44.3 Å². The Morgan fingerprint density at radius 1 is 1.26 bits per heavy atom.